The van der Waals surface area contributed by atoms with E-state index in [0.717, 1.165) is 43.6 Å². The van der Waals surface area contributed by atoms with Crippen molar-refractivity contribution in [3.05, 3.63) is 59.7 Å². The van der Waals surface area contributed by atoms with Crippen LogP contribution in [0.2, 0.25) is 0 Å². The van der Waals surface area contributed by atoms with E-state index in [-0.39, 0.29) is 5.57 Å². The Morgan fingerprint density at radius 3 is 2.14 bits per heavy atom. The van der Waals surface area contributed by atoms with Crippen LogP contribution in [0.4, 0.5) is 17.1 Å². The summed E-state index contributed by atoms with van der Waals surface area (Å²) in [5, 5.41) is 18.0. The van der Waals surface area contributed by atoms with Crippen molar-refractivity contribution in [1.82, 2.24) is 0 Å². The Balaban J connectivity index is 1.49. The summed E-state index contributed by atoms with van der Waals surface area (Å²) in [6, 6.07) is 17.4. The van der Waals surface area contributed by atoms with Crippen LogP contribution in [0.3, 0.4) is 0 Å². The molecule has 184 valence electrons. The molecule has 0 radical (unpaired) electrons. The molecule has 0 amide bonds. The zero-order valence-corrected chi connectivity index (χ0v) is 20.8. The van der Waals surface area contributed by atoms with Gasteiger partial charge in [-0.05, 0) is 73.7 Å². The molecular weight excluding hydrogens is 436 g/mol. The van der Waals surface area contributed by atoms with E-state index >= 15 is 0 Å². The Morgan fingerprint density at radius 1 is 0.914 bits per heavy atom. The molecule has 0 N–H and O–H groups in total. The van der Waals surface area contributed by atoms with Gasteiger partial charge in [0.2, 0.25) is 0 Å². The molecule has 1 aliphatic heterocycles. The first kappa shape index (κ1) is 26.2. The predicted molar refractivity (Wildman–Crippen MR) is 141 cm³/mol. The molecular formula is C29H36N4O2. The second kappa shape index (κ2) is 14.7. The Bertz CT molecular complexity index is 1010. The fourth-order valence-electron chi connectivity index (χ4n) is 4.06. The van der Waals surface area contributed by atoms with Crippen molar-refractivity contribution in [2.75, 3.05) is 24.6 Å². The summed E-state index contributed by atoms with van der Waals surface area (Å²) in [6.45, 7) is 4.77. The van der Waals surface area contributed by atoms with E-state index in [9.17, 15) is 10.1 Å². The molecule has 0 unspecified atom stereocenters. The first-order chi connectivity index (χ1) is 17.2. The highest BCUT2D eigenvalue weighted by molar-refractivity contribution is 5.97. The average Bonchev–Trinajstić information content (AvgIpc) is 2.91. The fourth-order valence-corrected chi connectivity index (χ4v) is 4.06. The number of nitrogens with zero attached hydrogens (tertiary/aromatic N) is 4. The van der Waals surface area contributed by atoms with Crippen LogP contribution in [0, 0.1) is 11.3 Å². The number of hydrogen-bond donors (Lipinski definition) is 0. The van der Waals surface area contributed by atoms with Crippen molar-refractivity contribution in [1.29, 1.82) is 5.26 Å². The van der Waals surface area contributed by atoms with Crippen LogP contribution in [-0.2, 0) is 9.53 Å². The molecule has 0 saturated carbocycles. The van der Waals surface area contributed by atoms with Gasteiger partial charge < -0.3 is 9.64 Å². The molecule has 0 aliphatic carbocycles. The standard InChI is InChI=1S/C29H36N4O2/c1-2-3-4-5-6-10-21-35-29(34)25(23-30)22-24-11-13-26(14-12-24)31-32-27-15-17-28(18-16-27)33-19-8-7-9-20-33/h11-18,22H,2-10,19-21H2,1H3/b25-22+,32-31?. The summed E-state index contributed by atoms with van der Waals surface area (Å²) in [6.07, 6.45) is 12.1. The van der Waals surface area contributed by atoms with Crippen molar-refractivity contribution in [3.63, 3.8) is 0 Å². The smallest absolute Gasteiger partial charge is 0.348 e. The van der Waals surface area contributed by atoms with Crippen LogP contribution < -0.4 is 4.90 Å². The Labute approximate surface area is 209 Å². The Hall–Kier alpha value is -3.46. The van der Waals surface area contributed by atoms with E-state index in [2.05, 4.69) is 34.2 Å². The van der Waals surface area contributed by atoms with Gasteiger partial charge in [0.05, 0.1) is 18.0 Å². The lowest BCUT2D eigenvalue weighted by molar-refractivity contribution is -0.138. The van der Waals surface area contributed by atoms with Crippen LogP contribution >= 0.6 is 0 Å². The molecule has 0 spiro atoms. The first-order valence-electron chi connectivity index (χ1n) is 12.9. The SMILES string of the molecule is CCCCCCCCOC(=O)/C(C#N)=C/c1ccc(N=Nc2ccc(N3CCCCC3)cc2)cc1. The van der Waals surface area contributed by atoms with E-state index in [0.29, 0.717) is 12.3 Å². The number of piperidine rings is 1. The molecule has 0 bridgehead atoms. The number of esters is 1. The quantitative estimate of drug-likeness (QED) is 0.103. The van der Waals surface area contributed by atoms with Gasteiger partial charge in [-0.3, -0.25) is 0 Å². The van der Waals surface area contributed by atoms with Gasteiger partial charge in [-0.15, -0.1) is 0 Å². The fraction of sp³-hybridized carbons (Fsp3) is 0.448. The maximum absolute atomic E-state index is 12.2. The van der Waals surface area contributed by atoms with Crippen molar-refractivity contribution in [2.45, 2.75) is 64.7 Å². The van der Waals surface area contributed by atoms with Gasteiger partial charge in [-0.25, -0.2) is 4.79 Å². The third-order valence-electron chi connectivity index (χ3n) is 6.13. The minimum Gasteiger partial charge on any atom is -0.462 e. The summed E-state index contributed by atoms with van der Waals surface area (Å²) in [5.41, 5.74) is 3.47. The number of benzene rings is 2. The maximum atomic E-state index is 12.2. The zero-order valence-electron chi connectivity index (χ0n) is 20.8. The predicted octanol–water partition coefficient (Wildman–Crippen LogP) is 7.90. The summed E-state index contributed by atoms with van der Waals surface area (Å²) in [4.78, 5) is 14.6. The lowest BCUT2D eigenvalue weighted by Gasteiger charge is -2.28. The minimum absolute atomic E-state index is 0.000783. The van der Waals surface area contributed by atoms with Crippen molar-refractivity contribution in [3.8, 4) is 6.07 Å². The lowest BCUT2D eigenvalue weighted by Crippen LogP contribution is -2.29. The maximum Gasteiger partial charge on any atom is 0.348 e. The Kier molecular flexibility index (Phi) is 11.0. The average molecular weight is 473 g/mol. The van der Waals surface area contributed by atoms with Crippen LogP contribution in [-0.4, -0.2) is 25.7 Å². The number of rotatable bonds is 12. The van der Waals surface area contributed by atoms with E-state index < -0.39 is 5.97 Å². The molecule has 1 saturated heterocycles. The summed E-state index contributed by atoms with van der Waals surface area (Å²) in [7, 11) is 0. The number of azo groups is 1. The van der Waals surface area contributed by atoms with Crippen LogP contribution in [0.1, 0.15) is 70.3 Å². The molecule has 0 atom stereocenters. The minimum atomic E-state index is -0.571. The van der Waals surface area contributed by atoms with Gasteiger partial charge in [0.25, 0.3) is 0 Å². The highest BCUT2D eigenvalue weighted by Gasteiger charge is 2.11. The first-order valence-corrected chi connectivity index (χ1v) is 12.9. The molecule has 2 aromatic carbocycles. The molecule has 6 heteroatoms. The summed E-state index contributed by atoms with van der Waals surface area (Å²) in [5.74, 6) is -0.571. The van der Waals surface area contributed by atoms with Gasteiger partial charge in [0, 0.05) is 18.8 Å². The van der Waals surface area contributed by atoms with Crippen molar-refractivity contribution >= 4 is 29.1 Å². The van der Waals surface area contributed by atoms with Crippen molar-refractivity contribution < 1.29 is 9.53 Å². The normalized spacial score (nSPS) is 14.2. The number of anilines is 1. The van der Waals surface area contributed by atoms with E-state index in [1.807, 2.05) is 42.5 Å². The monoisotopic (exact) mass is 472 g/mol. The highest BCUT2D eigenvalue weighted by atomic mass is 16.5. The van der Waals surface area contributed by atoms with E-state index in [4.69, 9.17) is 4.74 Å². The molecule has 3 rings (SSSR count). The summed E-state index contributed by atoms with van der Waals surface area (Å²) < 4.78 is 5.27. The van der Waals surface area contributed by atoms with E-state index in [1.165, 1.54) is 44.2 Å². The zero-order chi connectivity index (χ0) is 24.7. The number of carbonyl (C=O) groups is 1. The number of unbranched alkanes of at least 4 members (excludes halogenated alkanes) is 5. The number of nitriles is 1. The number of hydrogen-bond acceptors (Lipinski definition) is 6. The van der Waals surface area contributed by atoms with Gasteiger partial charge in [-0.1, -0.05) is 51.2 Å². The topological polar surface area (TPSA) is 78.0 Å². The third kappa shape index (κ3) is 9.01. The van der Waals surface area contributed by atoms with Gasteiger partial charge in [0.15, 0.2) is 0 Å². The lowest BCUT2D eigenvalue weighted by atomic mass is 10.1. The van der Waals surface area contributed by atoms with E-state index in [1.54, 1.807) is 6.08 Å². The van der Waals surface area contributed by atoms with Gasteiger partial charge in [-0.2, -0.15) is 15.5 Å². The molecule has 1 fully saturated rings. The van der Waals surface area contributed by atoms with Gasteiger partial charge in [0.1, 0.15) is 11.6 Å². The summed E-state index contributed by atoms with van der Waals surface area (Å²) >= 11 is 0. The number of ether oxygens (including phenoxy) is 1. The molecule has 35 heavy (non-hydrogen) atoms. The molecule has 6 nitrogen and oxygen atoms in total. The number of carbonyl (C=O) groups excluding carboxylic acids is 1. The van der Waals surface area contributed by atoms with Gasteiger partial charge >= 0.3 is 5.97 Å². The van der Waals surface area contributed by atoms with Crippen LogP contribution in [0.15, 0.2) is 64.3 Å². The Morgan fingerprint density at radius 2 is 1.51 bits per heavy atom. The third-order valence-corrected chi connectivity index (χ3v) is 6.13. The van der Waals surface area contributed by atoms with Crippen LogP contribution in [0.5, 0.6) is 0 Å². The highest BCUT2D eigenvalue weighted by Crippen LogP contribution is 2.25. The second-order valence-corrected chi connectivity index (χ2v) is 8.93. The second-order valence-electron chi connectivity index (χ2n) is 8.93. The molecule has 2 aromatic rings. The van der Waals surface area contributed by atoms with Crippen LogP contribution in [0.25, 0.3) is 6.08 Å². The molecule has 1 aliphatic rings. The van der Waals surface area contributed by atoms with Crippen molar-refractivity contribution in [2.24, 2.45) is 10.2 Å². The molecule has 1 heterocycles. The largest absolute Gasteiger partial charge is 0.462 e. The molecule has 0 aromatic heterocycles.